The fourth-order valence-corrected chi connectivity index (χ4v) is 1.82. The molecule has 82 valence electrons. The number of pyridine rings is 1. The number of nitrogen functional groups attached to an aromatic ring is 1. The van der Waals surface area contributed by atoms with Crippen LogP contribution in [0.3, 0.4) is 0 Å². The Hall–Kier alpha value is -1.91. The summed E-state index contributed by atoms with van der Waals surface area (Å²) in [5, 5.41) is 5.69. The highest BCUT2D eigenvalue weighted by atomic mass is 16.2. The van der Waals surface area contributed by atoms with Gasteiger partial charge in [0.1, 0.15) is 0 Å². The first-order valence-electron chi connectivity index (χ1n) is 5.36. The predicted octanol–water partition coefficient (Wildman–Crippen LogP) is 1.17. The Morgan fingerprint density at radius 3 is 2.94 bits per heavy atom. The van der Waals surface area contributed by atoms with Crippen molar-refractivity contribution in [2.45, 2.75) is 19.3 Å². The fraction of sp³-hybridized carbons (Fsp3) is 0.364. The fourth-order valence-electron chi connectivity index (χ4n) is 1.82. The summed E-state index contributed by atoms with van der Waals surface area (Å²) in [6.45, 7) is 0. The minimum atomic E-state index is -0.0139. The molecule has 0 saturated heterocycles. The number of amides is 1. The van der Waals surface area contributed by atoms with Crippen LogP contribution in [0.2, 0.25) is 0 Å². The first kappa shape index (κ1) is 9.33. The zero-order chi connectivity index (χ0) is 11.1. The first-order valence-corrected chi connectivity index (χ1v) is 5.36. The molecule has 1 aliphatic carbocycles. The minimum absolute atomic E-state index is 0.0139. The molecule has 0 spiro atoms. The van der Waals surface area contributed by atoms with Gasteiger partial charge in [-0.2, -0.15) is 10.1 Å². The molecule has 16 heavy (non-hydrogen) atoms. The van der Waals surface area contributed by atoms with Crippen molar-refractivity contribution in [3.63, 3.8) is 0 Å². The van der Waals surface area contributed by atoms with E-state index in [0.717, 1.165) is 18.6 Å². The summed E-state index contributed by atoms with van der Waals surface area (Å²) < 4.78 is 0. The number of carbonyl (C=O) groups excluding carboxylic acids is 1. The Bertz CT molecular complexity index is 479. The molecule has 2 N–H and O–H groups in total. The van der Waals surface area contributed by atoms with Crippen LogP contribution in [-0.2, 0) is 4.79 Å². The maximum Gasteiger partial charge on any atom is 0.254 e. The van der Waals surface area contributed by atoms with Gasteiger partial charge in [-0.25, -0.2) is 4.98 Å². The average molecular weight is 216 g/mol. The maximum absolute atomic E-state index is 11.8. The summed E-state index contributed by atoms with van der Waals surface area (Å²) in [7, 11) is 0. The van der Waals surface area contributed by atoms with Gasteiger partial charge in [0.15, 0.2) is 5.82 Å². The number of carbonyl (C=O) groups is 1. The van der Waals surface area contributed by atoms with Crippen molar-refractivity contribution in [3.05, 3.63) is 18.3 Å². The van der Waals surface area contributed by atoms with Crippen molar-refractivity contribution in [2.75, 3.05) is 10.7 Å². The van der Waals surface area contributed by atoms with Crippen molar-refractivity contribution in [1.29, 1.82) is 0 Å². The zero-order valence-electron chi connectivity index (χ0n) is 8.76. The van der Waals surface area contributed by atoms with Crippen LogP contribution in [0.5, 0.6) is 0 Å². The van der Waals surface area contributed by atoms with Crippen LogP contribution in [0.4, 0.5) is 11.5 Å². The zero-order valence-corrected chi connectivity index (χ0v) is 8.76. The Morgan fingerprint density at radius 2 is 2.25 bits per heavy atom. The van der Waals surface area contributed by atoms with Crippen LogP contribution in [0.1, 0.15) is 19.3 Å². The van der Waals surface area contributed by atoms with Gasteiger partial charge in [0.25, 0.3) is 5.91 Å². The molecule has 2 heterocycles. The van der Waals surface area contributed by atoms with Gasteiger partial charge in [-0.1, -0.05) is 0 Å². The second-order valence-electron chi connectivity index (χ2n) is 4.20. The predicted molar refractivity (Wildman–Crippen MR) is 60.9 cm³/mol. The van der Waals surface area contributed by atoms with E-state index in [0.29, 0.717) is 23.8 Å². The summed E-state index contributed by atoms with van der Waals surface area (Å²) in [5.41, 5.74) is 7.24. The second kappa shape index (κ2) is 3.30. The lowest BCUT2D eigenvalue weighted by Crippen LogP contribution is -2.20. The number of aromatic nitrogens is 1. The number of hydrogen-bond acceptors (Lipinski definition) is 4. The molecule has 0 radical (unpaired) electrons. The van der Waals surface area contributed by atoms with Crippen molar-refractivity contribution in [3.8, 4) is 0 Å². The van der Waals surface area contributed by atoms with E-state index in [1.807, 2.05) is 0 Å². The number of anilines is 2. The number of rotatable bonds is 2. The molecule has 0 bridgehead atoms. The van der Waals surface area contributed by atoms with Gasteiger partial charge in [-0.05, 0) is 24.8 Å². The lowest BCUT2D eigenvalue weighted by atomic mass is 10.2. The van der Waals surface area contributed by atoms with Crippen LogP contribution in [0, 0.1) is 5.92 Å². The van der Waals surface area contributed by atoms with Crippen molar-refractivity contribution in [2.24, 2.45) is 11.0 Å². The summed E-state index contributed by atoms with van der Waals surface area (Å²) in [4.78, 5) is 15.9. The third kappa shape index (κ3) is 1.54. The number of nitrogens with zero attached hydrogens (tertiary/aromatic N) is 3. The van der Waals surface area contributed by atoms with E-state index >= 15 is 0 Å². The Balaban J connectivity index is 1.91. The third-order valence-electron chi connectivity index (χ3n) is 2.83. The highest BCUT2D eigenvalue weighted by molar-refractivity contribution is 6.14. The minimum Gasteiger partial charge on any atom is -0.399 e. The van der Waals surface area contributed by atoms with Gasteiger partial charge in [-0.15, -0.1) is 0 Å². The molecule has 0 atom stereocenters. The second-order valence-corrected chi connectivity index (χ2v) is 4.20. The standard InChI is InChI=1S/C11H12N4O/c12-8-3-4-13-10(5-8)15-11(16)6-9(14-15)7-1-2-7/h3-5,7H,1-2,6H2,(H2,12,13). The van der Waals surface area contributed by atoms with Gasteiger partial charge >= 0.3 is 0 Å². The quantitative estimate of drug-likeness (QED) is 0.806. The van der Waals surface area contributed by atoms with Crippen molar-refractivity contribution >= 4 is 23.1 Å². The molecule has 0 unspecified atom stereocenters. The molecule has 1 fully saturated rings. The molecule has 2 aliphatic rings. The lowest BCUT2D eigenvalue weighted by molar-refractivity contribution is -0.116. The highest BCUT2D eigenvalue weighted by Crippen LogP contribution is 2.35. The van der Waals surface area contributed by atoms with E-state index < -0.39 is 0 Å². The summed E-state index contributed by atoms with van der Waals surface area (Å²) in [5.74, 6) is 1.02. The smallest absolute Gasteiger partial charge is 0.254 e. The molecule has 1 saturated carbocycles. The molecule has 0 aromatic carbocycles. The Kier molecular flexibility index (Phi) is 1.92. The van der Waals surface area contributed by atoms with Crippen LogP contribution in [0.15, 0.2) is 23.4 Å². The van der Waals surface area contributed by atoms with E-state index in [-0.39, 0.29) is 5.91 Å². The van der Waals surface area contributed by atoms with Crippen LogP contribution < -0.4 is 10.7 Å². The van der Waals surface area contributed by atoms with Crippen molar-refractivity contribution in [1.82, 2.24) is 4.98 Å². The van der Waals surface area contributed by atoms with Crippen LogP contribution >= 0.6 is 0 Å². The van der Waals surface area contributed by atoms with Crippen molar-refractivity contribution < 1.29 is 4.79 Å². The van der Waals surface area contributed by atoms with Gasteiger partial charge in [0.05, 0.1) is 12.1 Å². The molecule has 1 aromatic heterocycles. The molecule has 1 aliphatic heterocycles. The Morgan fingerprint density at radius 1 is 1.44 bits per heavy atom. The number of hydrogen-bond donors (Lipinski definition) is 1. The number of nitrogens with two attached hydrogens (primary N) is 1. The molecular formula is C11H12N4O. The Labute approximate surface area is 93.0 Å². The summed E-state index contributed by atoms with van der Waals surface area (Å²) in [6, 6.07) is 3.35. The molecule has 3 rings (SSSR count). The maximum atomic E-state index is 11.8. The van der Waals surface area contributed by atoms with Gasteiger partial charge < -0.3 is 5.73 Å². The van der Waals surface area contributed by atoms with Gasteiger partial charge in [0, 0.05) is 18.0 Å². The summed E-state index contributed by atoms with van der Waals surface area (Å²) in [6.07, 6.45) is 4.33. The third-order valence-corrected chi connectivity index (χ3v) is 2.83. The SMILES string of the molecule is Nc1ccnc(N2N=C(C3CC3)CC2=O)c1. The summed E-state index contributed by atoms with van der Waals surface area (Å²) >= 11 is 0. The molecule has 1 aromatic rings. The molecule has 5 nitrogen and oxygen atoms in total. The van der Waals surface area contributed by atoms with Crippen LogP contribution in [-0.4, -0.2) is 16.6 Å². The van der Waals surface area contributed by atoms with Gasteiger partial charge in [-0.3, -0.25) is 4.79 Å². The molecule has 5 heteroatoms. The van der Waals surface area contributed by atoms with Gasteiger partial charge in [0.2, 0.25) is 0 Å². The van der Waals surface area contributed by atoms with E-state index in [4.69, 9.17) is 5.73 Å². The van der Waals surface area contributed by atoms with E-state index in [1.165, 1.54) is 5.01 Å². The van der Waals surface area contributed by atoms with Crippen LogP contribution in [0.25, 0.3) is 0 Å². The molecule has 1 amide bonds. The average Bonchev–Trinajstić information content (AvgIpc) is 3.02. The lowest BCUT2D eigenvalue weighted by Gasteiger charge is -2.10. The normalized spacial score (nSPS) is 20.1. The molecular weight excluding hydrogens is 204 g/mol. The monoisotopic (exact) mass is 216 g/mol. The first-order chi connectivity index (χ1) is 7.74. The highest BCUT2D eigenvalue weighted by Gasteiger charge is 2.35. The van der Waals surface area contributed by atoms with E-state index in [2.05, 4.69) is 10.1 Å². The van der Waals surface area contributed by atoms with E-state index in [9.17, 15) is 4.79 Å². The topological polar surface area (TPSA) is 71.6 Å². The number of hydrazone groups is 1. The largest absolute Gasteiger partial charge is 0.399 e. The van der Waals surface area contributed by atoms with E-state index in [1.54, 1.807) is 18.3 Å².